The molecular formula is C16H24ClN. The van der Waals surface area contributed by atoms with Gasteiger partial charge in [0.15, 0.2) is 0 Å². The van der Waals surface area contributed by atoms with Crippen molar-refractivity contribution in [2.24, 2.45) is 11.8 Å². The van der Waals surface area contributed by atoms with E-state index < -0.39 is 0 Å². The molecule has 1 aliphatic carbocycles. The maximum atomic E-state index is 6.27. The molecule has 1 fully saturated rings. The lowest BCUT2D eigenvalue weighted by Crippen LogP contribution is -2.43. The average molecular weight is 266 g/mol. The molecule has 3 atom stereocenters. The predicted molar refractivity (Wildman–Crippen MR) is 79.0 cm³/mol. The van der Waals surface area contributed by atoms with Gasteiger partial charge in [-0.25, -0.2) is 0 Å². The Balaban J connectivity index is 2.06. The van der Waals surface area contributed by atoms with Crippen LogP contribution in [0.2, 0.25) is 5.02 Å². The zero-order valence-electron chi connectivity index (χ0n) is 11.6. The molecule has 1 N–H and O–H groups in total. The van der Waals surface area contributed by atoms with Crippen LogP contribution in [-0.4, -0.2) is 6.04 Å². The number of rotatable bonds is 3. The van der Waals surface area contributed by atoms with E-state index in [1.165, 1.54) is 24.8 Å². The van der Waals surface area contributed by atoms with E-state index in [0.717, 1.165) is 16.9 Å². The molecule has 0 radical (unpaired) electrons. The topological polar surface area (TPSA) is 12.0 Å². The Morgan fingerprint density at radius 1 is 1.17 bits per heavy atom. The second-order valence-electron chi connectivity index (χ2n) is 5.82. The molecule has 2 rings (SSSR count). The van der Waals surface area contributed by atoms with Crippen LogP contribution >= 0.6 is 11.6 Å². The lowest BCUT2D eigenvalue weighted by atomic mass is 9.78. The van der Waals surface area contributed by atoms with Crippen molar-refractivity contribution in [1.29, 1.82) is 0 Å². The lowest BCUT2D eigenvalue weighted by Gasteiger charge is -2.37. The summed E-state index contributed by atoms with van der Waals surface area (Å²) in [6.07, 6.45) is 4.06. The van der Waals surface area contributed by atoms with E-state index in [1.54, 1.807) is 0 Å². The second-order valence-corrected chi connectivity index (χ2v) is 6.23. The van der Waals surface area contributed by atoms with Crippen LogP contribution in [0.5, 0.6) is 0 Å². The van der Waals surface area contributed by atoms with Gasteiger partial charge < -0.3 is 5.32 Å². The predicted octanol–water partition coefficient (Wildman–Crippen LogP) is 4.82. The maximum Gasteiger partial charge on any atom is 0.0453 e. The van der Waals surface area contributed by atoms with E-state index in [-0.39, 0.29) is 0 Å². The van der Waals surface area contributed by atoms with Crippen molar-refractivity contribution in [3.8, 4) is 0 Å². The van der Waals surface area contributed by atoms with E-state index >= 15 is 0 Å². The number of hydrogen-bond donors (Lipinski definition) is 1. The zero-order chi connectivity index (χ0) is 13.1. The highest BCUT2D eigenvalue weighted by Crippen LogP contribution is 2.31. The molecule has 0 saturated heterocycles. The highest BCUT2D eigenvalue weighted by molar-refractivity contribution is 6.31. The normalized spacial score (nSPS) is 30.1. The molecule has 0 aromatic heterocycles. The SMILES string of the molecule is CC1CCCC(C)C1N[C@@H](C)c1ccccc1Cl. The first kappa shape index (κ1) is 13.9. The van der Waals surface area contributed by atoms with Crippen molar-refractivity contribution in [3.63, 3.8) is 0 Å². The van der Waals surface area contributed by atoms with Crippen molar-refractivity contribution in [2.45, 2.75) is 52.1 Å². The van der Waals surface area contributed by atoms with Crippen LogP contribution in [0, 0.1) is 11.8 Å². The van der Waals surface area contributed by atoms with Gasteiger partial charge in [-0.15, -0.1) is 0 Å². The third-order valence-corrected chi connectivity index (χ3v) is 4.70. The van der Waals surface area contributed by atoms with Gasteiger partial charge in [-0.2, -0.15) is 0 Å². The van der Waals surface area contributed by atoms with Gasteiger partial charge in [0, 0.05) is 17.1 Å². The monoisotopic (exact) mass is 265 g/mol. The Labute approximate surface area is 116 Å². The van der Waals surface area contributed by atoms with Gasteiger partial charge in [0.2, 0.25) is 0 Å². The van der Waals surface area contributed by atoms with Crippen LogP contribution < -0.4 is 5.32 Å². The molecule has 0 spiro atoms. The van der Waals surface area contributed by atoms with Gasteiger partial charge in [-0.1, -0.05) is 50.1 Å². The standard InChI is InChI=1S/C16H24ClN/c1-11-7-6-8-12(2)16(11)18-13(3)14-9-4-5-10-15(14)17/h4-5,9-13,16,18H,6-8H2,1-3H3/t11?,12?,13-,16?/m0/s1. The maximum absolute atomic E-state index is 6.27. The summed E-state index contributed by atoms with van der Waals surface area (Å²) in [5.74, 6) is 1.53. The molecule has 0 aliphatic heterocycles. The summed E-state index contributed by atoms with van der Waals surface area (Å²) < 4.78 is 0. The van der Waals surface area contributed by atoms with Crippen LogP contribution in [0.15, 0.2) is 24.3 Å². The molecular weight excluding hydrogens is 242 g/mol. The van der Waals surface area contributed by atoms with Gasteiger partial charge >= 0.3 is 0 Å². The fourth-order valence-corrected chi connectivity index (χ4v) is 3.51. The van der Waals surface area contributed by atoms with Crippen LogP contribution in [0.25, 0.3) is 0 Å². The minimum Gasteiger partial charge on any atom is -0.307 e. The summed E-state index contributed by atoms with van der Waals surface area (Å²) in [6.45, 7) is 6.95. The zero-order valence-corrected chi connectivity index (χ0v) is 12.4. The van der Waals surface area contributed by atoms with Gasteiger partial charge in [0.1, 0.15) is 0 Å². The smallest absolute Gasteiger partial charge is 0.0453 e. The Kier molecular flexibility index (Phi) is 4.69. The number of nitrogens with one attached hydrogen (secondary N) is 1. The first-order chi connectivity index (χ1) is 8.59. The van der Waals surface area contributed by atoms with Gasteiger partial charge in [-0.3, -0.25) is 0 Å². The summed E-state index contributed by atoms with van der Waals surface area (Å²) in [5.41, 5.74) is 1.21. The van der Waals surface area contributed by atoms with Gasteiger partial charge in [-0.05, 0) is 43.2 Å². The summed E-state index contributed by atoms with van der Waals surface area (Å²) in [7, 11) is 0. The summed E-state index contributed by atoms with van der Waals surface area (Å²) in [4.78, 5) is 0. The number of hydrogen-bond acceptors (Lipinski definition) is 1. The van der Waals surface area contributed by atoms with Crippen molar-refractivity contribution < 1.29 is 0 Å². The van der Waals surface area contributed by atoms with E-state index in [0.29, 0.717) is 12.1 Å². The molecule has 18 heavy (non-hydrogen) atoms. The van der Waals surface area contributed by atoms with Crippen LogP contribution in [0.3, 0.4) is 0 Å². The molecule has 1 aromatic rings. The molecule has 2 heteroatoms. The number of halogens is 1. The van der Waals surface area contributed by atoms with E-state index in [9.17, 15) is 0 Å². The average Bonchev–Trinajstić information content (AvgIpc) is 2.34. The third-order valence-electron chi connectivity index (χ3n) is 4.36. The highest BCUT2D eigenvalue weighted by Gasteiger charge is 2.28. The van der Waals surface area contributed by atoms with Gasteiger partial charge in [0.05, 0.1) is 0 Å². The van der Waals surface area contributed by atoms with Crippen molar-refractivity contribution >= 4 is 11.6 Å². The first-order valence-electron chi connectivity index (χ1n) is 7.10. The Bertz CT molecular complexity index is 380. The lowest BCUT2D eigenvalue weighted by molar-refractivity contribution is 0.196. The first-order valence-corrected chi connectivity index (χ1v) is 7.48. The van der Waals surface area contributed by atoms with Crippen LogP contribution in [-0.2, 0) is 0 Å². The number of benzene rings is 1. The molecule has 100 valence electrons. The highest BCUT2D eigenvalue weighted by atomic mass is 35.5. The second kappa shape index (κ2) is 6.08. The minimum absolute atomic E-state index is 0.326. The summed E-state index contributed by atoms with van der Waals surface area (Å²) in [6, 6.07) is 9.09. The molecule has 2 unspecified atom stereocenters. The van der Waals surface area contributed by atoms with E-state index in [4.69, 9.17) is 11.6 Å². The Morgan fingerprint density at radius 3 is 2.39 bits per heavy atom. The molecule has 0 amide bonds. The Morgan fingerprint density at radius 2 is 1.78 bits per heavy atom. The third kappa shape index (κ3) is 3.07. The van der Waals surface area contributed by atoms with Crippen LogP contribution in [0.1, 0.15) is 51.6 Å². The largest absolute Gasteiger partial charge is 0.307 e. The molecule has 1 saturated carbocycles. The van der Waals surface area contributed by atoms with E-state index in [2.05, 4.69) is 38.2 Å². The minimum atomic E-state index is 0.326. The van der Waals surface area contributed by atoms with Crippen molar-refractivity contribution in [3.05, 3.63) is 34.9 Å². The van der Waals surface area contributed by atoms with Crippen LogP contribution in [0.4, 0.5) is 0 Å². The Hall–Kier alpha value is -0.530. The fraction of sp³-hybridized carbons (Fsp3) is 0.625. The van der Waals surface area contributed by atoms with Crippen molar-refractivity contribution in [1.82, 2.24) is 5.32 Å². The summed E-state index contributed by atoms with van der Waals surface area (Å²) in [5, 5.41) is 4.66. The van der Waals surface area contributed by atoms with E-state index in [1.807, 2.05) is 12.1 Å². The molecule has 0 bridgehead atoms. The van der Waals surface area contributed by atoms with Crippen molar-refractivity contribution in [2.75, 3.05) is 0 Å². The fourth-order valence-electron chi connectivity index (χ4n) is 3.22. The summed E-state index contributed by atoms with van der Waals surface area (Å²) >= 11 is 6.27. The molecule has 1 aromatic carbocycles. The van der Waals surface area contributed by atoms with Gasteiger partial charge in [0.25, 0.3) is 0 Å². The molecule has 1 nitrogen and oxygen atoms in total. The quantitative estimate of drug-likeness (QED) is 0.827. The molecule has 1 aliphatic rings. The molecule has 0 heterocycles.